The van der Waals surface area contributed by atoms with E-state index in [1.54, 1.807) is 0 Å². The summed E-state index contributed by atoms with van der Waals surface area (Å²) < 4.78 is 0. The molecule has 1 fully saturated rings. The highest BCUT2D eigenvalue weighted by molar-refractivity contribution is 5.35. The molecule has 0 radical (unpaired) electrons. The van der Waals surface area contributed by atoms with E-state index in [1.165, 1.54) is 29.5 Å². The van der Waals surface area contributed by atoms with Crippen LogP contribution in [0.3, 0.4) is 0 Å². The van der Waals surface area contributed by atoms with Gasteiger partial charge in [-0.3, -0.25) is 0 Å². The summed E-state index contributed by atoms with van der Waals surface area (Å²) in [4.78, 5) is 9.18. The molecule has 0 aliphatic heterocycles. The Morgan fingerprint density at radius 2 is 1.65 bits per heavy atom. The van der Waals surface area contributed by atoms with Crippen LogP contribution in [-0.2, 0) is 19.4 Å². The fourth-order valence-corrected chi connectivity index (χ4v) is 2.96. The fraction of sp³-hybridized carbons (Fsp3) is 0.412. The number of nitrogens with zero attached hydrogens (tertiary/aromatic N) is 2. The van der Waals surface area contributed by atoms with Crippen molar-refractivity contribution < 1.29 is 0 Å². The Balaban J connectivity index is 1.44. The molecule has 0 saturated heterocycles. The first kappa shape index (κ1) is 12.0. The molecule has 1 N–H and O–H groups in total. The number of nitrogens with one attached hydrogen (secondary N) is 1. The molecular weight excluding hydrogens is 246 g/mol. The van der Waals surface area contributed by atoms with E-state index in [9.17, 15) is 0 Å². The maximum Gasteiger partial charge on any atom is 0.131 e. The van der Waals surface area contributed by atoms with Crippen LogP contribution in [0.1, 0.15) is 41.3 Å². The van der Waals surface area contributed by atoms with Gasteiger partial charge in [0.25, 0.3) is 0 Å². The van der Waals surface area contributed by atoms with Gasteiger partial charge in [-0.2, -0.15) is 0 Å². The molecule has 3 nitrogen and oxygen atoms in total. The predicted molar refractivity (Wildman–Crippen MR) is 78.5 cm³/mol. The second kappa shape index (κ2) is 4.98. The topological polar surface area (TPSA) is 37.8 Å². The Labute approximate surface area is 119 Å². The molecule has 0 atom stereocenters. The van der Waals surface area contributed by atoms with E-state index in [0.717, 1.165) is 31.3 Å². The fourth-order valence-electron chi connectivity index (χ4n) is 2.96. The molecule has 0 bridgehead atoms. The minimum atomic E-state index is 0.456. The monoisotopic (exact) mass is 265 g/mol. The lowest BCUT2D eigenvalue weighted by Gasteiger charge is -2.08. The number of benzene rings is 1. The highest BCUT2D eigenvalue weighted by Gasteiger charge is 2.24. The van der Waals surface area contributed by atoms with Gasteiger partial charge in [-0.05, 0) is 36.8 Å². The average molecular weight is 265 g/mol. The lowest BCUT2D eigenvalue weighted by molar-refractivity contribution is 0.659. The summed E-state index contributed by atoms with van der Waals surface area (Å²) >= 11 is 0. The Morgan fingerprint density at radius 3 is 2.25 bits per heavy atom. The molecule has 0 amide bonds. The van der Waals surface area contributed by atoms with E-state index in [1.807, 2.05) is 12.4 Å². The first-order chi connectivity index (χ1) is 9.88. The lowest BCUT2D eigenvalue weighted by atomic mass is 10.1. The number of aromatic nitrogens is 2. The highest BCUT2D eigenvalue weighted by Crippen LogP contribution is 2.31. The Hall–Kier alpha value is -1.74. The quantitative estimate of drug-likeness (QED) is 0.923. The van der Waals surface area contributed by atoms with Gasteiger partial charge in [0, 0.05) is 36.5 Å². The van der Waals surface area contributed by atoms with Crippen molar-refractivity contribution in [3.8, 4) is 0 Å². The molecule has 102 valence electrons. The van der Waals surface area contributed by atoms with Crippen LogP contribution in [0.4, 0.5) is 0 Å². The van der Waals surface area contributed by atoms with Gasteiger partial charge < -0.3 is 5.32 Å². The average Bonchev–Trinajstić information content (AvgIpc) is 3.22. The summed E-state index contributed by atoms with van der Waals surface area (Å²) in [7, 11) is 0. The first-order valence-electron chi connectivity index (χ1n) is 7.49. The molecule has 1 saturated carbocycles. The first-order valence-corrected chi connectivity index (χ1v) is 7.49. The third kappa shape index (κ3) is 2.46. The van der Waals surface area contributed by atoms with Crippen LogP contribution in [0.15, 0.2) is 36.7 Å². The van der Waals surface area contributed by atoms with Gasteiger partial charge >= 0.3 is 0 Å². The van der Waals surface area contributed by atoms with Crippen LogP contribution in [0.5, 0.6) is 0 Å². The smallest absolute Gasteiger partial charge is 0.131 e. The van der Waals surface area contributed by atoms with Gasteiger partial charge in [-0.15, -0.1) is 0 Å². The molecule has 20 heavy (non-hydrogen) atoms. The van der Waals surface area contributed by atoms with Crippen molar-refractivity contribution in [1.29, 1.82) is 0 Å². The van der Waals surface area contributed by atoms with Gasteiger partial charge in [0.05, 0.1) is 0 Å². The number of hydrogen-bond donors (Lipinski definition) is 1. The normalized spacial score (nSPS) is 18.2. The lowest BCUT2D eigenvalue weighted by Crippen LogP contribution is -2.16. The van der Waals surface area contributed by atoms with Crippen LogP contribution in [-0.4, -0.2) is 16.0 Å². The van der Waals surface area contributed by atoms with Crippen molar-refractivity contribution in [2.75, 3.05) is 0 Å². The summed E-state index contributed by atoms with van der Waals surface area (Å²) in [5.74, 6) is 1.45. The van der Waals surface area contributed by atoms with E-state index in [4.69, 9.17) is 0 Å². The molecule has 4 rings (SSSR count). The maximum absolute atomic E-state index is 4.59. The zero-order valence-electron chi connectivity index (χ0n) is 11.5. The van der Waals surface area contributed by atoms with Crippen molar-refractivity contribution in [2.24, 2.45) is 0 Å². The molecule has 0 spiro atoms. The second-order valence-corrected chi connectivity index (χ2v) is 5.98. The molecule has 3 heteroatoms. The highest BCUT2D eigenvalue weighted by atomic mass is 15.0. The van der Waals surface area contributed by atoms with Gasteiger partial charge in [0.2, 0.25) is 0 Å². The van der Waals surface area contributed by atoms with E-state index in [-0.39, 0.29) is 0 Å². The molecule has 1 heterocycles. The van der Waals surface area contributed by atoms with Crippen LogP contribution in [0.2, 0.25) is 0 Å². The molecule has 1 aromatic carbocycles. The maximum atomic E-state index is 4.59. The zero-order chi connectivity index (χ0) is 13.4. The van der Waals surface area contributed by atoms with Crippen molar-refractivity contribution in [3.05, 3.63) is 59.2 Å². The minimum absolute atomic E-state index is 0.456. The molecular formula is C17H19N3. The SMILES string of the molecule is c1ccc2c(c1)CC(c1ncc(CNC3CC3)cn1)C2. The molecule has 2 aliphatic rings. The van der Waals surface area contributed by atoms with E-state index in [0.29, 0.717) is 5.92 Å². The number of fused-ring (bicyclic) bond motifs is 1. The van der Waals surface area contributed by atoms with Crippen LogP contribution < -0.4 is 5.32 Å². The summed E-state index contributed by atoms with van der Waals surface area (Å²) in [6.07, 6.45) is 8.77. The summed E-state index contributed by atoms with van der Waals surface area (Å²) in [5, 5.41) is 3.50. The number of hydrogen-bond acceptors (Lipinski definition) is 3. The summed E-state index contributed by atoms with van der Waals surface area (Å²) in [5.41, 5.74) is 4.11. The van der Waals surface area contributed by atoms with Gasteiger partial charge in [-0.25, -0.2) is 9.97 Å². The van der Waals surface area contributed by atoms with Crippen molar-refractivity contribution >= 4 is 0 Å². The van der Waals surface area contributed by atoms with Crippen molar-refractivity contribution in [3.63, 3.8) is 0 Å². The van der Waals surface area contributed by atoms with E-state index in [2.05, 4.69) is 39.6 Å². The van der Waals surface area contributed by atoms with E-state index >= 15 is 0 Å². The third-order valence-corrected chi connectivity index (χ3v) is 4.31. The summed E-state index contributed by atoms with van der Waals surface area (Å²) in [6, 6.07) is 9.43. The molecule has 2 aliphatic carbocycles. The third-order valence-electron chi connectivity index (χ3n) is 4.31. The Morgan fingerprint density at radius 1 is 1.00 bits per heavy atom. The zero-order valence-corrected chi connectivity index (χ0v) is 11.5. The van der Waals surface area contributed by atoms with Crippen molar-refractivity contribution in [1.82, 2.24) is 15.3 Å². The van der Waals surface area contributed by atoms with Crippen LogP contribution >= 0.6 is 0 Å². The minimum Gasteiger partial charge on any atom is -0.310 e. The van der Waals surface area contributed by atoms with Crippen LogP contribution in [0, 0.1) is 0 Å². The second-order valence-electron chi connectivity index (χ2n) is 5.98. The van der Waals surface area contributed by atoms with Gasteiger partial charge in [-0.1, -0.05) is 24.3 Å². The van der Waals surface area contributed by atoms with Gasteiger partial charge in [0.15, 0.2) is 0 Å². The van der Waals surface area contributed by atoms with Gasteiger partial charge in [0.1, 0.15) is 5.82 Å². The predicted octanol–water partition coefficient (Wildman–Crippen LogP) is 2.61. The standard InChI is InChI=1S/C17H19N3/c1-2-4-14-8-15(7-13(14)3-1)17-19-10-12(11-20-17)9-18-16-5-6-16/h1-4,10-11,15-16,18H,5-9H2. The molecule has 1 aromatic heterocycles. The Kier molecular flexibility index (Phi) is 3.00. The Bertz CT molecular complexity index is 577. The number of rotatable bonds is 4. The summed E-state index contributed by atoms with van der Waals surface area (Å²) in [6.45, 7) is 0.899. The van der Waals surface area contributed by atoms with Crippen molar-refractivity contribution in [2.45, 2.75) is 44.2 Å². The van der Waals surface area contributed by atoms with E-state index < -0.39 is 0 Å². The molecule has 2 aromatic rings. The largest absolute Gasteiger partial charge is 0.310 e. The molecule has 0 unspecified atom stereocenters. The van der Waals surface area contributed by atoms with Crippen LogP contribution in [0.25, 0.3) is 0 Å².